The number of hydrazine groups is 1. The van der Waals surface area contributed by atoms with Crippen molar-refractivity contribution in [1.29, 1.82) is 0 Å². The SMILES string of the molecule is O=C1C=CC=C2C1=C1C=CC=CC1N1C=CC=CN21. The lowest BCUT2D eigenvalue weighted by molar-refractivity contribution is -0.111. The van der Waals surface area contributed by atoms with Gasteiger partial charge in [0.05, 0.1) is 17.3 Å². The summed E-state index contributed by atoms with van der Waals surface area (Å²) in [4.78, 5) is 12.2. The first kappa shape index (κ1) is 10.4. The molecule has 2 heterocycles. The van der Waals surface area contributed by atoms with E-state index in [1.807, 2.05) is 59.9 Å². The third-order valence-electron chi connectivity index (χ3n) is 3.65. The van der Waals surface area contributed by atoms with Crippen LogP contribution in [0.1, 0.15) is 0 Å². The van der Waals surface area contributed by atoms with E-state index in [0.717, 1.165) is 16.8 Å². The maximum absolute atomic E-state index is 12.2. The molecule has 2 aliphatic carbocycles. The van der Waals surface area contributed by atoms with E-state index < -0.39 is 0 Å². The van der Waals surface area contributed by atoms with Gasteiger partial charge in [0.25, 0.3) is 0 Å². The Hall–Kier alpha value is -2.55. The molecule has 0 aromatic rings. The highest BCUT2D eigenvalue weighted by Gasteiger charge is 2.36. The number of fused-ring (bicyclic) bond motifs is 5. The molecule has 4 aliphatic rings. The molecule has 0 fully saturated rings. The molecule has 3 heteroatoms. The molecule has 92 valence electrons. The lowest BCUT2D eigenvalue weighted by atomic mass is 9.87. The van der Waals surface area contributed by atoms with Crippen LogP contribution in [-0.2, 0) is 4.79 Å². The molecule has 0 aromatic heterocycles. The van der Waals surface area contributed by atoms with Crippen LogP contribution in [0.25, 0.3) is 0 Å². The van der Waals surface area contributed by atoms with Crippen molar-refractivity contribution < 1.29 is 4.79 Å². The smallest absolute Gasteiger partial charge is 0.188 e. The Bertz CT molecular complexity index is 671. The summed E-state index contributed by atoms with van der Waals surface area (Å²) < 4.78 is 0. The molecule has 0 N–H and O–H groups in total. The largest absolute Gasteiger partial charge is 0.289 e. The van der Waals surface area contributed by atoms with Gasteiger partial charge in [0.15, 0.2) is 5.78 Å². The average molecular weight is 248 g/mol. The maximum Gasteiger partial charge on any atom is 0.188 e. The summed E-state index contributed by atoms with van der Waals surface area (Å²) in [5.41, 5.74) is 2.82. The van der Waals surface area contributed by atoms with Crippen molar-refractivity contribution >= 4 is 5.78 Å². The normalized spacial score (nSPS) is 26.4. The molecular weight excluding hydrogens is 236 g/mol. The first-order chi connectivity index (χ1) is 9.36. The van der Waals surface area contributed by atoms with Crippen LogP contribution < -0.4 is 0 Å². The van der Waals surface area contributed by atoms with Gasteiger partial charge in [-0.25, -0.2) is 0 Å². The van der Waals surface area contributed by atoms with E-state index in [1.165, 1.54) is 0 Å². The third-order valence-corrected chi connectivity index (χ3v) is 3.65. The first-order valence-electron chi connectivity index (χ1n) is 6.31. The fourth-order valence-corrected chi connectivity index (χ4v) is 2.84. The summed E-state index contributed by atoms with van der Waals surface area (Å²) in [5.74, 6) is 0.0834. The molecule has 4 rings (SSSR count). The number of allylic oxidation sites excluding steroid dienone is 8. The number of nitrogens with zero attached hydrogens (tertiary/aromatic N) is 2. The van der Waals surface area contributed by atoms with Crippen LogP contribution in [0.2, 0.25) is 0 Å². The van der Waals surface area contributed by atoms with E-state index in [0.29, 0.717) is 0 Å². The molecule has 19 heavy (non-hydrogen) atoms. The van der Waals surface area contributed by atoms with Crippen LogP contribution in [0.5, 0.6) is 0 Å². The predicted molar refractivity (Wildman–Crippen MR) is 73.3 cm³/mol. The second-order valence-corrected chi connectivity index (χ2v) is 4.70. The zero-order valence-electron chi connectivity index (χ0n) is 10.2. The lowest BCUT2D eigenvalue weighted by Gasteiger charge is -2.46. The van der Waals surface area contributed by atoms with Crippen molar-refractivity contribution in [3.63, 3.8) is 0 Å². The highest BCUT2D eigenvalue weighted by Crippen LogP contribution is 2.38. The second kappa shape index (κ2) is 3.72. The van der Waals surface area contributed by atoms with Crippen LogP contribution in [-0.4, -0.2) is 21.8 Å². The van der Waals surface area contributed by atoms with E-state index >= 15 is 0 Å². The number of hydrogen-bond donors (Lipinski definition) is 0. The molecule has 1 atom stereocenters. The number of carbonyl (C=O) groups is 1. The van der Waals surface area contributed by atoms with Crippen molar-refractivity contribution in [2.45, 2.75) is 6.04 Å². The monoisotopic (exact) mass is 248 g/mol. The molecule has 2 aliphatic heterocycles. The Labute approximate surface area is 111 Å². The quantitative estimate of drug-likeness (QED) is 0.657. The summed E-state index contributed by atoms with van der Waals surface area (Å²) in [7, 11) is 0. The minimum absolute atomic E-state index is 0.0834. The number of hydrogen-bond acceptors (Lipinski definition) is 3. The lowest BCUT2D eigenvalue weighted by Crippen LogP contribution is -2.48. The molecule has 1 unspecified atom stereocenters. The summed E-state index contributed by atoms with van der Waals surface area (Å²) in [6.45, 7) is 0. The van der Waals surface area contributed by atoms with E-state index in [4.69, 9.17) is 0 Å². The standard InChI is InChI=1S/C16H12N2O/c19-15-9-5-8-14-16(15)12-6-1-2-7-13(12)17-10-3-4-11-18(14)17/h1-11,13H. The average Bonchev–Trinajstić information content (AvgIpc) is 2.47. The Kier molecular flexibility index (Phi) is 2.03. The highest BCUT2D eigenvalue weighted by molar-refractivity contribution is 6.10. The van der Waals surface area contributed by atoms with Gasteiger partial charge in [-0.2, -0.15) is 0 Å². The Balaban J connectivity index is 1.99. The molecule has 0 spiro atoms. The minimum atomic E-state index is 0.0834. The van der Waals surface area contributed by atoms with E-state index in [9.17, 15) is 4.79 Å². The van der Waals surface area contributed by atoms with Crippen LogP contribution in [0.4, 0.5) is 0 Å². The molecule has 3 nitrogen and oxygen atoms in total. The molecule has 0 bridgehead atoms. The number of ketones is 1. The van der Waals surface area contributed by atoms with E-state index in [-0.39, 0.29) is 11.8 Å². The second-order valence-electron chi connectivity index (χ2n) is 4.70. The first-order valence-corrected chi connectivity index (χ1v) is 6.31. The van der Waals surface area contributed by atoms with Crippen LogP contribution in [0.15, 0.2) is 83.9 Å². The topological polar surface area (TPSA) is 23.6 Å². The van der Waals surface area contributed by atoms with Gasteiger partial charge in [0.1, 0.15) is 0 Å². The van der Waals surface area contributed by atoms with Gasteiger partial charge >= 0.3 is 0 Å². The van der Waals surface area contributed by atoms with Gasteiger partial charge in [-0.05, 0) is 29.9 Å². The van der Waals surface area contributed by atoms with Crippen LogP contribution in [0, 0.1) is 0 Å². The van der Waals surface area contributed by atoms with Gasteiger partial charge in [0, 0.05) is 12.4 Å². The Morgan fingerprint density at radius 3 is 2.79 bits per heavy atom. The van der Waals surface area contributed by atoms with Gasteiger partial charge in [-0.15, -0.1) is 0 Å². The minimum Gasteiger partial charge on any atom is -0.289 e. The predicted octanol–water partition coefficient (Wildman–Crippen LogP) is 2.37. The molecule has 0 aromatic carbocycles. The maximum atomic E-state index is 12.2. The Morgan fingerprint density at radius 1 is 0.947 bits per heavy atom. The molecule has 0 saturated heterocycles. The van der Waals surface area contributed by atoms with Gasteiger partial charge < -0.3 is 0 Å². The fraction of sp³-hybridized carbons (Fsp3) is 0.0625. The zero-order chi connectivity index (χ0) is 12.8. The number of carbonyl (C=O) groups excluding carboxylic acids is 1. The van der Waals surface area contributed by atoms with Crippen LogP contribution in [0.3, 0.4) is 0 Å². The Morgan fingerprint density at radius 2 is 1.84 bits per heavy atom. The van der Waals surface area contributed by atoms with E-state index in [1.54, 1.807) is 6.08 Å². The van der Waals surface area contributed by atoms with Crippen molar-refractivity contribution in [3.05, 3.63) is 83.9 Å². The molecule has 0 radical (unpaired) electrons. The summed E-state index contributed by atoms with van der Waals surface area (Å²) in [6.07, 6.45) is 21.6. The van der Waals surface area contributed by atoms with Crippen LogP contribution >= 0.6 is 0 Å². The summed E-state index contributed by atoms with van der Waals surface area (Å²) >= 11 is 0. The summed E-state index contributed by atoms with van der Waals surface area (Å²) in [6, 6.07) is 0.0915. The van der Waals surface area contributed by atoms with Crippen molar-refractivity contribution in [2.75, 3.05) is 0 Å². The molecule has 0 saturated carbocycles. The van der Waals surface area contributed by atoms with Crippen molar-refractivity contribution in [2.24, 2.45) is 0 Å². The van der Waals surface area contributed by atoms with Gasteiger partial charge in [0.2, 0.25) is 0 Å². The highest BCUT2D eigenvalue weighted by atomic mass is 16.1. The zero-order valence-corrected chi connectivity index (χ0v) is 10.2. The van der Waals surface area contributed by atoms with Gasteiger partial charge in [-0.1, -0.05) is 30.4 Å². The van der Waals surface area contributed by atoms with E-state index in [2.05, 4.69) is 11.1 Å². The third kappa shape index (κ3) is 1.35. The number of rotatable bonds is 0. The molecular formula is C16H12N2O. The van der Waals surface area contributed by atoms with Crippen molar-refractivity contribution in [1.82, 2.24) is 10.0 Å². The summed E-state index contributed by atoms with van der Waals surface area (Å²) in [5, 5.41) is 4.17. The van der Waals surface area contributed by atoms with Gasteiger partial charge in [-0.3, -0.25) is 14.8 Å². The fourth-order valence-electron chi connectivity index (χ4n) is 2.84. The van der Waals surface area contributed by atoms with Crippen molar-refractivity contribution in [3.8, 4) is 0 Å². The molecule has 0 amide bonds.